The van der Waals surface area contributed by atoms with E-state index >= 15 is 0 Å². The van der Waals surface area contributed by atoms with Gasteiger partial charge in [0.1, 0.15) is 23.5 Å². The van der Waals surface area contributed by atoms with E-state index < -0.39 is 0 Å². The largest absolute Gasteiger partial charge is 1.00 e. The number of nitrogens with one attached hydrogen (secondary N) is 1. The van der Waals surface area contributed by atoms with Crippen molar-refractivity contribution in [2.75, 3.05) is 48.6 Å². The molecule has 7 rings (SSSR count). The van der Waals surface area contributed by atoms with Gasteiger partial charge in [-0.25, -0.2) is 0 Å². The summed E-state index contributed by atoms with van der Waals surface area (Å²) < 4.78 is 21.3. The number of aldehydes is 1. The number of quaternary nitrogens is 1. The minimum absolute atomic E-state index is 0. The monoisotopic (exact) mass is 893 g/mol. The van der Waals surface area contributed by atoms with Gasteiger partial charge in [0.2, 0.25) is 0 Å². The Morgan fingerprint density at radius 2 is 1.09 bits per heavy atom. The third kappa shape index (κ3) is 17.5. The lowest BCUT2D eigenvalue weighted by atomic mass is 9.99. The van der Waals surface area contributed by atoms with Crippen LogP contribution in [0.1, 0.15) is 123 Å². The second-order valence-electron chi connectivity index (χ2n) is 16.5. The second-order valence-corrected chi connectivity index (χ2v) is 16.5. The van der Waals surface area contributed by atoms with E-state index in [4.69, 9.17) is 24.1 Å². The van der Waals surface area contributed by atoms with Crippen molar-refractivity contribution in [3.05, 3.63) is 126 Å². The number of piperidine rings is 1. The van der Waals surface area contributed by atoms with Gasteiger partial charge in [-0.15, -0.1) is 0 Å². The van der Waals surface area contributed by atoms with Gasteiger partial charge in [0.15, 0.2) is 5.78 Å². The maximum atomic E-state index is 12.1. The molecule has 6 aromatic carbocycles. The minimum atomic E-state index is -0.00120. The number of ether oxygens (including phenoxy) is 4. The van der Waals surface area contributed by atoms with Crippen LogP contribution in [-0.2, 0) is 4.74 Å². The Morgan fingerprint density at radius 1 is 0.625 bits per heavy atom. The fourth-order valence-corrected chi connectivity index (χ4v) is 7.67. The molecular weight excluding hydrogens is 822 g/mol. The predicted octanol–water partition coefficient (Wildman–Crippen LogP) is 8.83. The number of halogens is 1. The SMILES string of the molecule is CCCCCCC(=O)c1ccc2cc(OC)ccc2c1.CCCCCCC(OC)c1ccc2cc(OC)ccc2c1.COc1ccc2cc(C=O)ccc2c1.C[NH+]1CCC(O)CC1.[Cl-]. The van der Waals surface area contributed by atoms with Gasteiger partial charge in [0, 0.05) is 37.5 Å². The molecule has 0 spiro atoms. The van der Waals surface area contributed by atoms with Crippen LogP contribution in [0.3, 0.4) is 0 Å². The molecular formula is C55H72ClNO7. The first-order chi connectivity index (χ1) is 30.6. The number of unbranched alkanes of at least 4 members (excludes halogenated alkanes) is 6. The number of aliphatic hydroxyl groups is 1. The number of carbonyl (C=O) groups excluding carboxylic acids is 2. The molecule has 1 aliphatic heterocycles. The van der Waals surface area contributed by atoms with Crippen molar-refractivity contribution in [1.29, 1.82) is 0 Å². The number of aliphatic hydroxyl groups excluding tert-OH is 1. The zero-order valence-corrected chi connectivity index (χ0v) is 40.1. The fourth-order valence-electron chi connectivity index (χ4n) is 7.67. The Labute approximate surface area is 388 Å². The van der Waals surface area contributed by atoms with E-state index in [-0.39, 0.29) is 30.4 Å². The lowest BCUT2D eigenvalue weighted by Gasteiger charge is -2.22. The Balaban J connectivity index is 0.000000236. The van der Waals surface area contributed by atoms with Crippen LogP contribution >= 0.6 is 0 Å². The van der Waals surface area contributed by atoms with Crippen LogP contribution in [-0.4, -0.2) is 71.9 Å². The van der Waals surface area contributed by atoms with Crippen LogP contribution in [0.2, 0.25) is 0 Å². The summed E-state index contributed by atoms with van der Waals surface area (Å²) in [5, 5.41) is 15.8. The van der Waals surface area contributed by atoms with Gasteiger partial charge in [-0.3, -0.25) is 9.59 Å². The highest BCUT2D eigenvalue weighted by Gasteiger charge is 2.16. The van der Waals surface area contributed by atoms with Crippen LogP contribution in [0.5, 0.6) is 17.2 Å². The fraction of sp³-hybridized carbons (Fsp3) is 0.418. The van der Waals surface area contributed by atoms with E-state index in [2.05, 4.69) is 51.2 Å². The van der Waals surface area contributed by atoms with Crippen LogP contribution in [0.4, 0.5) is 0 Å². The van der Waals surface area contributed by atoms with Crippen molar-refractivity contribution in [1.82, 2.24) is 0 Å². The number of ketones is 1. The summed E-state index contributed by atoms with van der Waals surface area (Å²) in [6.07, 6.45) is 14.4. The standard InChI is InChI=1S/C19H26O2.C18H22O2.C12H10O2.C6H13NO.ClH/c1-4-5-6-7-8-19(21-3)17-10-9-16-14-18(20-2)12-11-15(16)13-17;1-3-4-5-6-7-18(19)16-9-8-15-13-17(20-2)11-10-14(15)12-16;1-14-12-5-4-10-6-9(8-13)2-3-11(10)7-12;1-7-4-2-6(8)3-5-7;/h9-14,19H,4-8H2,1-3H3;8-13H,3-7H2,1-2H3;2-8H,1H3;6,8H,2-5H2,1H3;1H. The minimum Gasteiger partial charge on any atom is -1.00 e. The number of Topliss-reactive ketones (excluding diaryl/α,β-unsaturated/α-hetero) is 1. The molecule has 1 fully saturated rings. The number of fused-ring (bicyclic) bond motifs is 3. The normalized spacial score (nSPS) is 14.6. The van der Waals surface area contributed by atoms with Crippen molar-refractivity contribution in [3.63, 3.8) is 0 Å². The van der Waals surface area contributed by atoms with E-state index in [1.807, 2.05) is 79.9 Å². The lowest BCUT2D eigenvalue weighted by Crippen LogP contribution is -3.10. The third-order valence-electron chi connectivity index (χ3n) is 11.7. The molecule has 1 unspecified atom stereocenters. The van der Waals surface area contributed by atoms with E-state index in [1.54, 1.807) is 32.3 Å². The molecule has 0 radical (unpaired) electrons. The summed E-state index contributed by atoms with van der Waals surface area (Å²) in [7, 11) is 8.98. The molecule has 0 amide bonds. The average molecular weight is 895 g/mol. The molecule has 1 heterocycles. The molecule has 1 atom stereocenters. The Bertz CT molecular complexity index is 2280. The van der Waals surface area contributed by atoms with Crippen molar-refractivity contribution in [2.45, 2.75) is 103 Å². The maximum absolute atomic E-state index is 12.1. The molecule has 0 aliphatic carbocycles. The summed E-state index contributed by atoms with van der Waals surface area (Å²) in [6, 6.07) is 35.9. The van der Waals surface area contributed by atoms with Gasteiger partial charge < -0.3 is 41.4 Å². The molecule has 64 heavy (non-hydrogen) atoms. The molecule has 8 nitrogen and oxygen atoms in total. The van der Waals surface area contributed by atoms with E-state index in [9.17, 15) is 9.59 Å². The topological polar surface area (TPSA) is 95.7 Å². The number of methoxy groups -OCH3 is 4. The highest BCUT2D eigenvalue weighted by atomic mass is 35.5. The van der Waals surface area contributed by atoms with Gasteiger partial charge in [0.25, 0.3) is 0 Å². The molecule has 346 valence electrons. The van der Waals surface area contributed by atoms with E-state index in [0.717, 1.165) is 95.8 Å². The number of benzene rings is 6. The van der Waals surface area contributed by atoms with Crippen molar-refractivity contribution in [2.24, 2.45) is 0 Å². The Hall–Kier alpha value is -4.99. The van der Waals surface area contributed by atoms with Crippen LogP contribution in [0.15, 0.2) is 109 Å². The Kier molecular flexibility index (Phi) is 24.6. The highest BCUT2D eigenvalue weighted by Crippen LogP contribution is 2.29. The first-order valence-corrected chi connectivity index (χ1v) is 22.9. The number of hydrogen-bond donors (Lipinski definition) is 2. The quantitative estimate of drug-likeness (QED) is 0.0537. The summed E-state index contributed by atoms with van der Waals surface area (Å²) in [5.41, 5.74) is 2.79. The van der Waals surface area contributed by atoms with Gasteiger partial charge in [0.05, 0.1) is 53.7 Å². The lowest BCUT2D eigenvalue weighted by molar-refractivity contribution is -0.885. The van der Waals surface area contributed by atoms with Crippen LogP contribution in [0.25, 0.3) is 32.3 Å². The molecule has 2 N–H and O–H groups in total. The molecule has 0 aromatic heterocycles. The Morgan fingerprint density at radius 3 is 1.59 bits per heavy atom. The van der Waals surface area contributed by atoms with Crippen molar-refractivity contribution >= 4 is 44.4 Å². The van der Waals surface area contributed by atoms with Gasteiger partial charge in [-0.05, 0) is 105 Å². The molecule has 9 heteroatoms. The average Bonchev–Trinajstić information content (AvgIpc) is 3.33. The van der Waals surface area contributed by atoms with Gasteiger partial charge in [-0.1, -0.05) is 113 Å². The summed E-state index contributed by atoms with van der Waals surface area (Å²) >= 11 is 0. The maximum Gasteiger partial charge on any atom is 0.162 e. The summed E-state index contributed by atoms with van der Waals surface area (Å²) in [6.45, 7) is 6.70. The molecule has 0 saturated carbocycles. The third-order valence-corrected chi connectivity index (χ3v) is 11.7. The summed E-state index contributed by atoms with van der Waals surface area (Å²) in [4.78, 5) is 24.2. The van der Waals surface area contributed by atoms with Gasteiger partial charge in [-0.2, -0.15) is 0 Å². The van der Waals surface area contributed by atoms with Crippen LogP contribution in [0, 0.1) is 0 Å². The van der Waals surface area contributed by atoms with E-state index in [0.29, 0.717) is 12.0 Å². The zero-order chi connectivity index (χ0) is 45.4. The second kappa shape index (κ2) is 29.5. The summed E-state index contributed by atoms with van der Waals surface area (Å²) in [5.74, 6) is 2.82. The van der Waals surface area contributed by atoms with E-state index in [1.165, 1.54) is 54.9 Å². The van der Waals surface area contributed by atoms with Crippen LogP contribution < -0.4 is 31.5 Å². The van der Waals surface area contributed by atoms with Crippen molar-refractivity contribution < 1.29 is 50.9 Å². The molecule has 1 aliphatic rings. The predicted molar refractivity (Wildman–Crippen MR) is 260 cm³/mol. The number of hydrogen-bond acceptors (Lipinski definition) is 7. The zero-order valence-electron chi connectivity index (χ0n) is 39.3. The highest BCUT2D eigenvalue weighted by molar-refractivity contribution is 6.00. The smallest absolute Gasteiger partial charge is 0.162 e. The number of rotatable bonds is 17. The molecule has 1 saturated heterocycles. The number of likely N-dealkylation sites (tertiary alicyclic amines) is 1. The molecule has 0 bridgehead atoms. The van der Waals surface area contributed by atoms with Crippen molar-refractivity contribution in [3.8, 4) is 17.2 Å². The molecule has 6 aromatic rings. The first kappa shape index (κ1) is 53.3. The number of carbonyl (C=O) groups is 2. The van der Waals surface area contributed by atoms with Gasteiger partial charge >= 0.3 is 0 Å². The first-order valence-electron chi connectivity index (χ1n) is 22.9.